The minimum atomic E-state index is -0.995. The molecule has 0 atom stereocenters. The smallest absolute Gasteiger partial charge is 0.335 e. The molecule has 1 aromatic carbocycles. The monoisotopic (exact) mass is 355 g/mol. The first-order chi connectivity index (χ1) is 9.99. The summed E-state index contributed by atoms with van der Waals surface area (Å²) in [6.45, 7) is 2.69. The predicted molar refractivity (Wildman–Crippen MR) is 82.5 cm³/mol. The van der Waals surface area contributed by atoms with Crippen molar-refractivity contribution < 1.29 is 19.4 Å². The molecule has 21 heavy (non-hydrogen) atoms. The van der Waals surface area contributed by atoms with Crippen molar-refractivity contribution in [3.05, 3.63) is 28.2 Å². The highest BCUT2D eigenvalue weighted by Crippen LogP contribution is 2.33. The van der Waals surface area contributed by atoms with E-state index in [1.54, 1.807) is 6.07 Å². The van der Waals surface area contributed by atoms with Gasteiger partial charge in [0.2, 0.25) is 5.91 Å². The maximum Gasteiger partial charge on any atom is 0.335 e. The number of carbonyl (C=O) groups is 2. The second-order valence-corrected chi connectivity index (χ2v) is 6.02. The number of rotatable bonds is 6. The fourth-order valence-electron chi connectivity index (χ4n) is 2.43. The topological polar surface area (TPSA) is 75.6 Å². The van der Waals surface area contributed by atoms with E-state index in [4.69, 9.17) is 9.84 Å². The zero-order chi connectivity index (χ0) is 15.4. The van der Waals surface area contributed by atoms with Gasteiger partial charge < -0.3 is 15.2 Å². The third kappa shape index (κ3) is 4.28. The molecule has 114 valence electrons. The van der Waals surface area contributed by atoms with Gasteiger partial charge in [0, 0.05) is 17.5 Å². The highest BCUT2D eigenvalue weighted by molar-refractivity contribution is 9.10. The summed E-state index contributed by atoms with van der Waals surface area (Å²) in [6, 6.07) is 4.54. The van der Waals surface area contributed by atoms with E-state index in [1.165, 1.54) is 12.1 Å². The Bertz CT molecular complexity index is 540. The molecule has 0 radical (unpaired) electrons. The Morgan fingerprint density at radius 2 is 2.14 bits per heavy atom. The SMILES string of the molecule is CCOC1CC(CC(=O)Nc2ccc(C(=O)O)cc2Br)C1. The first-order valence-electron chi connectivity index (χ1n) is 6.94. The number of carboxylic acids is 1. The molecule has 2 N–H and O–H groups in total. The molecule has 1 aliphatic carbocycles. The Morgan fingerprint density at radius 3 is 2.71 bits per heavy atom. The normalized spacial score (nSPS) is 20.7. The lowest BCUT2D eigenvalue weighted by Gasteiger charge is -2.34. The molecule has 0 aromatic heterocycles. The molecule has 0 heterocycles. The fraction of sp³-hybridized carbons (Fsp3) is 0.467. The van der Waals surface area contributed by atoms with Crippen LogP contribution in [0.4, 0.5) is 5.69 Å². The molecule has 1 saturated carbocycles. The van der Waals surface area contributed by atoms with Gasteiger partial charge in [-0.05, 0) is 59.8 Å². The number of nitrogens with one attached hydrogen (secondary N) is 1. The largest absolute Gasteiger partial charge is 0.478 e. The molecule has 0 aliphatic heterocycles. The Morgan fingerprint density at radius 1 is 1.43 bits per heavy atom. The Hall–Kier alpha value is -1.40. The lowest BCUT2D eigenvalue weighted by molar-refractivity contribution is -0.119. The second kappa shape index (κ2) is 7.04. The quantitative estimate of drug-likeness (QED) is 0.820. The number of hydrogen-bond acceptors (Lipinski definition) is 3. The summed E-state index contributed by atoms with van der Waals surface area (Å²) in [7, 11) is 0. The number of ether oxygens (including phenoxy) is 1. The van der Waals surface area contributed by atoms with Gasteiger partial charge in [-0.3, -0.25) is 4.79 Å². The maximum atomic E-state index is 12.0. The first kappa shape index (κ1) is 16.0. The van der Waals surface area contributed by atoms with E-state index in [9.17, 15) is 9.59 Å². The van der Waals surface area contributed by atoms with Crippen molar-refractivity contribution in [1.29, 1.82) is 0 Å². The molecule has 0 bridgehead atoms. The van der Waals surface area contributed by atoms with Crippen LogP contribution in [0.15, 0.2) is 22.7 Å². The summed E-state index contributed by atoms with van der Waals surface area (Å²) in [5.74, 6) is -0.678. The van der Waals surface area contributed by atoms with Crippen molar-refractivity contribution in [1.82, 2.24) is 0 Å². The van der Waals surface area contributed by atoms with Crippen molar-refractivity contribution in [2.45, 2.75) is 32.3 Å². The van der Waals surface area contributed by atoms with Crippen LogP contribution < -0.4 is 5.32 Å². The lowest BCUT2D eigenvalue weighted by Crippen LogP contribution is -2.33. The molecule has 0 spiro atoms. The number of carbonyl (C=O) groups excluding carboxylic acids is 1. The summed E-state index contributed by atoms with van der Waals surface area (Å²) in [6.07, 6.45) is 2.63. The van der Waals surface area contributed by atoms with Gasteiger partial charge in [-0.15, -0.1) is 0 Å². The number of amides is 1. The zero-order valence-corrected chi connectivity index (χ0v) is 13.4. The Kier molecular flexibility index (Phi) is 5.36. The van der Waals surface area contributed by atoms with Gasteiger partial charge in [-0.25, -0.2) is 4.79 Å². The molecule has 0 unspecified atom stereocenters. The first-order valence-corrected chi connectivity index (χ1v) is 7.73. The van der Waals surface area contributed by atoms with Crippen molar-refractivity contribution >= 4 is 33.5 Å². The molecule has 6 heteroatoms. The van der Waals surface area contributed by atoms with Gasteiger partial charge >= 0.3 is 5.97 Å². The molecule has 0 saturated heterocycles. The van der Waals surface area contributed by atoms with E-state index in [0.717, 1.165) is 12.8 Å². The van der Waals surface area contributed by atoms with Crippen LogP contribution in [0.1, 0.15) is 36.5 Å². The number of hydrogen-bond donors (Lipinski definition) is 2. The molecule has 5 nitrogen and oxygen atoms in total. The fourth-order valence-corrected chi connectivity index (χ4v) is 2.90. The third-order valence-corrected chi connectivity index (χ3v) is 4.22. The maximum absolute atomic E-state index is 12.0. The number of halogens is 1. The molecular formula is C15H18BrNO4. The number of carboxylic acid groups (broad SMARTS) is 1. The minimum Gasteiger partial charge on any atom is -0.478 e. The average Bonchev–Trinajstić information content (AvgIpc) is 2.38. The van der Waals surface area contributed by atoms with Gasteiger partial charge in [-0.2, -0.15) is 0 Å². The van der Waals surface area contributed by atoms with E-state index < -0.39 is 5.97 Å². The van der Waals surface area contributed by atoms with Crippen LogP contribution in [0.5, 0.6) is 0 Å². The van der Waals surface area contributed by atoms with Gasteiger partial charge in [0.25, 0.3) is 0 Å². The standard InChI is InChI=1S/C15H18BrNO4/c1-2-21-11-5-9(6-11)7-14(18)17-13-4-3-10(15(19)20)8-12(13)16/h3-4,8-9,11H,2,5-7H2,1H3,(H,17,18)(H,19,20). The molecular weight excluding hydrogens is 338 g/mol. The minimum absolute atomic E-state index is 0.0567. The highest BCUT2D eigenvalue weighted by Gasteiger charge is 2.31. The number of anilines is 1. The predicted octanol–water partition coefficient (Wildman–Crippen LogP) is 3.29. The number of benzene rings is 1. The van der Waals surface area contributed by atoms with E-state index in [1.807, 2.05) is 6.92 Å². The van der Waals surface area contributed by atoms with Crippen LogP contribution in [0.3, 0.4) is 0 Å². The molecule has 2 rings (SSSR count). The van der Waals surface area contributed by atoms with Gasteiger partial charge in [0.15, 0.2) is 0 Å². The van der Waals surface area contributed by atoms with Gasteiger partial charge in [0.1, 0.15) is 0 Å². The summed E-state index contributed by atoms with van der Waals surface area (Å²) in [4.78, 5) is 22.8. The number of aromatic carboxylic acids is 1. The van der Waals surface area contributed by atoms with Crippen LogP contribution in [0.25, 0.3) is 0 Å². The molecule has 1 amide bonds. The van der Waals surface area contributed by atoms with Crippen molar-refractivity contribution in [3.8, 4) is 0 Å². The van der Waals surface area contributed by atoms with Crippen molar-refractivity contribution in [2.75, 3.05) is 11.9 Å². The molecule has 1 aromatic rings. The molecule has 1 fully saturated rings. The van der Waals surface area contributed by atoms with E-state index in [0.29, 0.717) is 35.2 Å². The van der Waals surface area contributed by atoms with Crippen LogP contribution in [0, 0.1) is 5.92 Å². The van der Waals surface area contributed by atoms with Crippen molar-refractivity contribution in [2.24, 2.45) is 5.92 Å². The molecule has 1 aliphatic rings. The van der Waals surface area contributed by atoms with Crippen LogP contribution >= 0.6 is 15.9 Å². The summed E-state index contributed by atoms with van der Waals surface area (Å²) in [5, 5.41) is 11.7. The Balaban J connectivity index is 1.85. The highest BCUT2D eigenvalue weighted by atomic mass is 79.9. The zero-order valence-electron chi connectivity index (χ0n) is 11.8. The summed E-state index contributed by atoms with van der Waals surface area (Å²) < 4.78 is 6.03. The lowest BCUT2D eigenvalue weighted by atomic mass is 9.80. The van der Waals surface area contributed by atoms with E-state index in [-0.39, 0.29) is 11.5 Å². The van der Waals surface area contributed by atoms with Gasteiger partial charge in [0.05, 0.1) is 17.4 Å². The van der Waals surface area contributed by atoms with Crippen molar-refractivity contribution in [3.63, 3.8) is 0 Å². The van der Waals surface area contributed by atoms with Crippen LogP contribution in [0.2, 0.25) is 0 Å². The Labute approximate surface area is 131 Å². The van der Waals surface area contributed by atoms with Crippen LogP contribution in [-0.4, -0.2) is 29.7 Å². The second-order valence-electron chi connectivity index (χ2n) is 5.17. The summed E-state index contributed by atoms with van der Waals surface area (Å²) >= 11 is 3.27. The summed E-state index contributed by atoms with van der Waals surface area (Å²) in [5.41, 5.74) is 0.768. The van der Waals surface area contributed by atoms with Crippen LogP contribution in [-0.2, 0) is 9.53 Å². The average molecular weight is 356 g/mol. The van der Waals surface area contributed by atoms with E-state index >= 15 is 0 Å². The third-order valence-electron chi connectivity index (χ3n) is 3.56. The van der Waals surface area contributed by atoms with E-state index in [2.05, 4.69) is 21.2 Å². The van der Waals surface area contributed by atoms with Gasteiger partial charge in [-0.1, -0.05) is 0 Å².